The van der Waals surface area contributed by atoms with Gasteiger partial charge in [-0.2, -0.15) is 21.6 Å². The predicted octanol–water partition coefficient (Wildman–Crippen LogP) is -0.599. The van der Waals surface area contributed by atoms with Gasteiger partial charge < -0.3 is 14.8 Å². The van der Waals surface area contributed by atoms with E-state index in [1.54, 1.807) is 5.32 Å². The van der Waals surface area contributed by atoms with E-state index in [1.165, 1.54) is 0 Å². The Morgan fingerprint density at radius 3 is 2.58 bits per heavy atom. The topological polar surface area (TPSA) is 108 Å². The van der Waals surface area contributed by atoms with Gasteiger partial charge in [0, 0.05) is 0 Å². The summed E-state index contributed by atoms with van der Waals surface area (Å²) in [6, 6.07) is 0. The van der Waals surface area contributed by atoms with Crippen LogP contribution in [-0.2, 0) is 33.4 Å². The lowest BCUT2D eigenvalue weighted by Crippen LogP contribution is -2.43. The van der Waals surface area contributed by atoms with Gasteiger partial charge in [0.25, 0.3) is 16.0 Å². The largest absolute Gasteiger partial charge is 0.455 e. The molecule has 3 aliphatic rings. The smallest absolute Gasteiger partial charge is 0.421 e. The maximum atomic E-state index is 12.3. The molecule has 3 rings (SSSR count). The molecule has 0 aromatic carbocycles. The van der Waals surface area contributed by atoms with Crippen LogP contribution in [0.2, 0.25) is 0 Å². The van der Waals surface area contributed by atoms with Crippen LogP contribution in [0, 0.1) is 0 Å². The van der Waals surface area contributed by atoms with E-state index in [1.807, 2.05) is 0 Å². The van der Waals surface area contributed by atoms with Crippen molar-refractivity contribution in [3.8, 4) is 0 Å². The summed E-state index contributed by atoms with van der Waals surface area (Å²) in [5.41, 5.74) is -1.65. The number of rotatable bonds is 4. The maximum Gasteiger partial charge on any atom is 0.421 e. The number of hydrogen-bond donors (Lipinski definition) is 1. The van der Waals surface area contributed by atoms with E-state index in [2.05, 4.69) is 6.58 Å². The normalized spacial score (nSPS) is 35.7. The molecular formula is C12H12F3NO7S. The highest BCUT2D eigenvalue weighted by molar-refractivity contribution is 7.87. The highest BCUT2D eigenvalue weighted by Gasteiger charge is 2.67. The average molecular weight is 371 g/mol. The summed E-state index contributed by atoms with van der Waals surface area (Å²) in [4.78, 5) is 22.9. The second-order valence-electron chi connectivity index (χ2n) is 5.58. The van der Waals surface area contributed by atoms with Gasteiger partial charge in [0.05, 0.1) is 6.10 Å². The Labute approximate surface area is 134 Å². The number of nitrogens with one attached hydrogen (secondary N) is 1. The van der Waals surface area contributed by atoms with Gasteiger partial charge in [-0.1, -0.05) is 6.58 Å². The van der Waals surface area contributed by atoms with Crippen LogP contribution in [0.5, 0.6) is 0 Å². The van der Waals surface area contributed by atoms with Gasteiger partial charge in [-0.3, -0.25) is 13.8 Å². The Morgan fingerprint density at radius 1 is 1.29 bits per heavy atom. The summed E-state index contributed by atoms with van der Waals surface area (Å²) in [5.74, 6) is -2.59. The van der Waals surface area contributed by atoms with Crippen LogP contribution in [0.15, 0.2) is 12.2 Å². The number of carbonyl (C=O) groups excluding carboxylic acids is 2. The highest BCUT2D eigenvalue weighted by Crippen LogP contribution is 2.47. The lowest BCUT2D eigenvalue weighted by atomic mass is 9.94. The summed E-state index contributed by atoms with van der Waals surface area (Å²) < 4.78 is 75.4. The lowest BCUT2D eigenvalue weighted by molar-refractivity contribution is -0.154. The first-order chi connectivity index (χ1) is 11.0. The van der Waals surface area contributed by atoms with Crippen molar-refractivity contribution in [1.82, 2.24) is 5.32 Å². The number of halogens is 3. The van der Waals surface area contributed by atoms with Crippen LogP contribution >= 0.6 is 0 Å². The Balaban J connectivity index is 1.54. The molecule has 3 fully saturated rings. The second kappa shape index (κ2) is 5.43. The van der Waals surface area contributed by atoms with Crippen molar-refractivity contribution in [3.05, 3.63) is 12.2 Å². The molecule has 0 aliphatic carbocycles. The van der Waals surface area contributed by atoms with Gasteiger partial charge in [0.15, 0.2) is 6.10 Å². The molecule has 24 heavy (non-hydrogen) atoms. The monoisotopic (exact) mass is 371 g/mol. The van der Waals surface area contributed by atoms with Gasteiger partial charge in [-0.05, 0) is 6.42 Å². The van der Waals surface area contributed by atoms with Crippen molar-refractivity contribution in [1.29, 1.82) is 0 Å². The average Bonchev–Trinajstić information content (AvgIpc) is 3.07. The number of amides is 1. The molecule has 0 spiro atoms. The maximum absolute atomic E-state index is 12.3. The first-order valence-electron chi connectivity index (χ1n) is 6.82. The Morgan fingerprint density at radius 2 is 1.96 bits per heavy atom. The molecule has 5 unspecified atom stereocenters. The molecule has 0 radical (unpaired) electrons. The number of carbonyl (C=O) groups is 2. The third-order valence-electron chi connectivity index (χ3n) is 4.07. The van der Waals surface area contributed by atoms with Crippen molar-refractivity contribution < 1.29 is 44.8 Å². The van der Waals surface area contributed by atoms with Gasteiger partial charge in [-0.15, -0.1) is 0 Å². The Kier molecular flexibility index (Phi) is 3.88. The van der Waals surface area contributed by atoms with Crippen LogP contribution in [0.4, 0.5) is 13.2 Å². The molecule has 3 saturated heterocycles. The fourth-order valence-electron chi connectivity index (χ4n) is 2.95. The van der Waals surface area contributed by atoms with Crippen molar-refractivity contribution >= 4 is 22.0 Å². The van der Waals surface area contributed by atoms with E-state index in [9.17, 15) is 31.2 Å². The Bertz CT molecular complexity index is 704. The molecule has 3 heterocycles. The van der Waals surface area contributed by atoms with Crippen molar-refractivity contribution in [2.24, 2.45) is 0 Å². The minimum atomic E-state index is -4.91. The zero-order valence-corrected chi connectivity index (χ0v) is 12.7. The van der Waals surface area contributed by atoms with Crippen LogP contribution in [0.1, 0.15) is 6.42 Å². The van der Waals surface area contributed by atoms with Crippen molar-refractivity contribution in [3.63, 3.8) is 0 Å². The quantitative estimate of drug-likeness (QED) is 0.399. The minimum absolute atomic E-state index is 0.110. The van der Waals surface area contributed by atoms with E-state index in [0.29, 0.717) is 0 Å². The predicted molar refractivity (Wildman–Crippen MR) is 68.9 cm³/mol. The summed E-state index contributed by atoms with van der Waals surface area (Å²) in [6.07, 6.45) is -8.14. The van der Waals surface area contributed by atoms with E-state index >= 15 is 0 Å². The van der Waals surface area contributed by atoms with Crippen LogP contribution in [0.25, 0.3) is 0 Å². The number of esters is 1. The summed E-state index contributed by atoms with van der Waals surface area (Å²) in [5, 5.41) is 0.939. The third kappa shape index (κ3) is 2.78. The van der Waals surface area contributed by atoms with E-state index in [-0.39, 0.29) is 6.42 Å². The van der Waals surface area contributed by atoms with Gasteiger partial charge in [-0.25, -0.2) is 0 Å². The molecule has 0 aromatic heterocycles. The minimum Gasteiger partial charge on any atom is -0.455 e. The van der Waals surface area contributed by atoms with Crippen LogP contribution in [0.3, 0.4) is 0 Å². The van der Waals surface area contributed by atoms with Gasteiger partial charge in [0.2, 0.25) is 0 Å². The van der Waals surface area contributed by atoms with E-state index in [0.717, 1.165) is 0 Å². The highest BCUT2D eigenvalue weighted by atomic mass is 32.2. The second-order valence-corrected chi connectivity index (χ2v) is 7.36. The van der Waals surface area contributed by atoms with E-state index < -0.39 is 70.0 Å². The fourth-order valence-corrected chi connectivity index (χ4v) is 4.59. The molecule has 8 nitrogen and oxygen atoms in total. The first-order valence-corrected chi connectivity index (χ1v) is 8.29. The number of fused-ring (bicyclic) bond motifs is 1. The zero-order chi connectivity index (χ0) is 17.9. The molecule has 3 aliphatic heterocycles. The molecule has 134 valence electrons. The molecule has 0 saturated carbocycles. The molecular weight excluding hydrogens is 359 g/mol. The summed E-state index contributed by atoms with van der Waals surface area (Å²) in [7, 11) is -3.78. The number of hydrogen-bond acceptors (Lipinski definition) is 7. The lowest BCUT2D eigenvalue weighted by Gasteiger charge is -2.22. The summed E-state index contributed by atoms with van der Waals surface area (Å²) >= 11 is 0. The van der Waals surface area contributed by atoms with Gasteiger partial charge >= 0.3 is 12.1 Å². The van der Waals surface area contributed by atoms with Crippen LogP contribution < -0.4 is 5.32 Å². The van der Waals surface area contributed by atoms with Crippen molar-refractivity contribution in [2.45, 2.75) is 42.3 Å². The third-order valence-corrected chi connectivity index (χ3v) is 5.76. The van der Waals surface area contributed by atoms with Crippen molar-refractivity contribution in [2.75, 3.05) is 6.54 Å². The molecule has 1 N–H and O–H groups in total. The van der Waals surface area contributed by atoms with Gasteiger partial charge in [0.1, 0.15) is 29.6 Å². The first kappa shape index (κ1) is 17.2. The summed E-state index contributed by atoms with van der Waals surface area (Å²) in [6.45, 7) is 1.76. The number of alkyl halides is 3. The molecule has 1 amide bonds. The van der Waals surface area contributed by atoms with E-state index in [4.69, 9.17) is 13.7 Å². The molecule has 12 heteroatoms. The Hall–Kier alpha value is -1.66. The zero-order valence-electron chi connectivity index (χ0n) is 11.9. The number of ether oxygens (including phenoxy) is 2. The molecule has 5 atom stereocenters. The SMILES string of the molecule is C=C(C(=O)NCC(=O)OC1C2CC3C(O2)C1OS3(=O)=O)C(F)(F)F. The molecule has 0 aromatic rings. The molecule has 2 bridgehead atoms. The standard InChI is InChI=1S/C12H12F3NO7S/c1-4(12(13,14)15)11(18)16-3-7(17)22-8-5-2-6-9(21-5)10(8)23-24(6,19)20/h5-6,8-10H,1-3H2,(H,16,18). The van der Waals surface area contributed by atoms with Crippen LogP contribution in [-0.4, -0.2) is 62.7 Å². The fraction of sp³-hybridized carbons (Fsp3) is 0.667.